The number of thiocarbonyl (C=S) groups is 1. The number of rotatable bonds is 5. The maximum absolute atomic E-state index is 12.4. The van der Waals surface area contributed by atoms with E-state index in [0.717, 1.165) is 12.1 Å². The van der Waals surface area contributed by atoms with Gasteiger partial charge < -0.3 is 16.0 Å². The Kier molecular flexibility index (Phi) is 6.58. The lowest BCUT2D eigenvalue weighted by molar-refractivity contribution is 0.0940. The van der Waals surface area contributed by atoms with Crippen LogP contribution in [-0.4, -0.2) is 17.1 Å². The van der Waals surface area contributed by atoms with E-state index in [-0.39, 0.29) is 11.9 Å². The summed E-state index contributed by atoms with van der Waals surface area (Å²) in [5.41, 5.74) is 2.03. The molecular weight excluding hydrogens is 342 g/mol. The van der Waals surface area contributed by atoms with E-state index in [9.17, 15) is 4.79 Å². The predicted octanol–water partition coefficient (Wildman–Crippen LogP) is 4.68. The summed E-state index contributed by atoms with van der Waals surface area (Å²) in [7, 11) is 0. The van der Waals surface area contributed by atoms with Gasteiger partial charge in [0.05, 0.1) is 11.3 Å². The zero-order valence-electron chi connectivity index (χ0n) is 13.6. The molecule has 2 rings (SSSR count). The molecule has 0 saturated carbocycles. The molecule has 2 aromatic rings. The number of para-hydroxylation sites is 1. The van der Waals surface area contributed by atoms with Gasteiger partial charge in [-0.05, 0) is 62.0 Å². The lowest BCUT2D eigenvalue weighted by atomic mass is 10.1. The van der Waals surface area contributed by atoms with Gasteiger partial charge >= 0.3 is 0 Å². The van der Waals surface area contributed by atoms with E-state index in [2.05, 4.69) is 16.0 Å². The average molecular weight is 362 g/mol. The molecule has 3 N–H and O–H groups in total. The van der Waals surface area contributed by atoms with Crippen molar-refractivity contribution in [3.63, 3.8) is 0 Å². The monoisotopic (exact) mass is 361 g/mol. The first kappa shape index (κ1) is 18.2. The third-order valence-corrected chi connectivity index (χ3v) is 3.97. The average Bonchev–Trinajstić information content (AvgIpc) is 2.57. The van der Waals surface area contributed by atoms with Crippen molar-refractivity contribution < 1.29 is 4.79 Å². The van der Waals surface area contributed by atoms with Crippen molar-refractivity contribution in [1.82, 2.24) is 5.32 Å². The number of carbonyl (C=O) groups excluding carboxylic acids is 1. The summed E-state index contributed by atoms with van der Waals surface area (Å²) in [6.45, 7) is 4.00. The van der Waals surface area contributed by atoms with E-state index >= 15 is 0 Å². The molecule has 0 fully saturated rings. The predicted molar refractivity (Wildman–Crippen MR) is 105 cm³/mol. The van der Waals surface area contributed by atoms with E-state index in [4.69, 9.17) is 23.8 Å². The Morgan fingerprint density at radius 1 is 1.12 bits per heavy atom. The topological polar surface area (TPSA) is 53.2 Å². The van der Waals surface area contributed by atoms with Gasteiger partial charge in [-0.2, -0.15) is 0 Å². The number of hydrogen-bond acceptors (Lipinski definition) is 2. The Labute approximate surface area is 152 Å². The Balaban J connectivity index is 2.07. The first-order valence-corrected chi connectivity index (χ1v) is 8.51. The van der Waals surface area contributed by atoms with Crippen molar-refractivity contribution in [3.05, 3.63) is 59.1 Å². The summed E-state index contributed by atoms with van der Waals surface area (Å²) in [5.74, 6) is -0.123. The van der Waals surface area contributed by atoms with Crippen molar-refractivity contribution in [1.29, 1.82) is 0 Å². The molecule has 0 aliphatic carbocycles. The minimum atomic E-state index is -0.123. The van der Waals surface area contributed by atoms with Crippen molar-refractivity contribution in [3.8, 4) is 0 Å². The van der Waals surface area contributed by atoms with E-state index in [1.54, 1.807) is 18.2 Å². The van der Waals surface area contributed by atoms with Gasteiger partial charge in [0.25, 0.3) is 5.91 Å². The molecule has 0 saturated heterocycles. The molecule has 0 aliphatic heterocycles. The molecule has 0 spiro atoms. The molecule has 0 aliphatic rings. The van der Waals surface area contributed by atoms with Crippen LogP contribution in [0.25, 0.3) is 0 Å². The molecule has 0 aromatic heterocycles. The molecule has 0 heterocycles. The van der Waals surface area contributed by atoms with E-state index in [1.165, 1.54) is 0 Å². The molecule has 6 heteroatoms. The summed E-state index contributed by atoms with van der Waals surface area (Å²) in [4.78, 5) is 12.4. The van der Waals surface area contributed by atoms with Crippen molar-refractivity contribution in [2.45, 2.75) is 26.3 Å². The first-order chi connectivity index (χ1) is 11.5. The summed E-state index contributed by atoms with van der Waals surface area (Å²) in [6.07, 6.45) is 0.873. The normalized spacial score (nSPS) is 11.5. The number of amides is 1. The minimum absolute atomic E-state index is 0.115. The summed E-state index contributed by atoms with van der Waals surface area (Å²) in [6, 6.07) is 14.6. The van der Waals surface area contributed by atoms with Crippen LogP contribution >= 0.6 is 23.8 Å². The highest BCUT2D eigenvalue weighted by molar-refractivity contribution is 7.80. The number of hydrogen-bond donors (Lipinski definition) is 3. The molecule has 2 aromatic carbocycles. The Morgan fingerprint density at radius 2 is 1.79 bits per heavy atom. The number of halogens is 1. The van der Waals surface area contributed by atoms with Crippen LogP contribution in [0.5, 0.6) is 0 Å². The van der Waals surface area contributed by atoms with Crippen LogP contribution < -0.4 is 16.0 Å². The Bertz CT molecular complexity index is 718. The van der Waals surface area contributed by atoms with E-state index < -0.39 is 0 Å². The molecule has 0 bridgehead atoms. The number of carbonyl (C=O) groups is 1. The van der Waals surface area contributed by atoms with Gasteiger partial charge in [0.2, 0.25) is 0 Å². The van der Waals surface area contributed by atoms with Gasteiger partial charge in [-0.25, -0.2) is 0 Å². The fraction of sp³-hybridized carbons (Fsp3) is 0.222. The van der Waals surface area contributed by atoms with Gasteiger partial charge in [-0.1, -0.05) is 30.7 Å². The number of anilines is 2. The van der Waals surface area contributed by atoms with E-state index in [1.807, 2.05) is 44.2 Å². The largest absolute Gasteiger partial charge is 0.350 e. The highest BCUT2D eigenvalue weighted by atomic mass is 35.5. The Hall–Kier alpha value is -2.11. The molecule has 1 unspecified atom stereocenters. The molecule has 24 heavy (non-hydrogen) atoms. The molecular formula is C18H20ClN3OS. The standard InChI is InChI=1S/C18H20ClN3OS/c1-3-12(2)20-17(23)15-6-4-5-7-16(15)22-18(24)21-14-10-8-13(19)9-11-14/h4-12H,3H2,1-2H3,(H,20,23)(H2,21,22,24). The summed E-state index contributed by atoms with van der Waals surface area (Å²) >= 11 is 11.2. The zero-order chi connectivity index (χ0) is 17.5. The highest BCUT2D eigenvalue weighted by Gasteiger charge is 2.13. The van der Waals surface area contributed by atoms with Crippen molar-refractivity contribution in [2.24, 2.45) is 0 Å². The Morgan fingerprint density at radius 3 is 2.46 bits per heavy atom. The van der Waals surface area contributed by atoms with Gasteiger partial charge in [-0.3, -0.25) is 4.79 Å². The van der Waals surface area contributed by atoms with Crippen LogP contribution in [0, 0.1) is 0 Å². The molecule has 4 nitrogen and oxygen atoms in total. The maximum Gasteiger partial charge on any atom is 0.253 e. The number of nitrogens with one attached hydrogen (secondary N) is 3. The van der Waals surface area contributed by atoms with Gasteiger partial charge in [-0.15, -0.1) is 0 Å². The van der Waals surface area contributed by atoms with Crippen LogP contribution in [0.3, 0.4) is 0 Å². The SMILES string of the molecule is CCC(C)NC(=O)c1ccccc1NC(=S)Nc1ccc(Cl)cc1. The maximum atomic E-state index is 12.4. The first-order valence-electron chi connectivity index (χ1n) is 7.73. The van der Waals surface area contributed by atoms with Crippen LogP contribution in [0.1, 0.15) is 30.6 Å². The third kappa shape index (κ3) is 5.22. The van der Waals surface area contributed by atoms with Crippen LogP contribution in [-0.2, 0) is 0 Å². The minimum Gasteiger partial charge on any atom is -0.350 e. The van der Waals surface area contributed by atoms with Gasteiger partial charge in [0.15, 0.2) is 5.11 Å². The molecule has 1 amide bonds. The highest BCUT2D eigenvalue weighted by Crippen LogP contribution is 2.17. The molecule has 1 atom stereocenters. The van der Waals surface area contributed by atoms with Crippen molar-refractivity contribution >= 4 is 46.2 Å². The van der Waals surface area contributed by atoms with Gasteiger partial charge in [0.1, 0.15) is 0 Å². The lowest BCUT2D eigenvalue weighted by Gasteiger charge is -2.16. The smallest absolute Gasteiger partial charge is 0.253 e. The number of benzene rings is 2. The molecule has 126 valence electrons. The van der Waals surface area contributed by atoms with E-state index in [0.29, 0.717) is 21.4 Å². The molecule has 0 radical (unpaired) electrons. The summed E-state index contributed by atoms with van der Waals surface area (Å²) in [5, 5.41) is 10.2. The summed E-state index contributed by atoms with van der Waals surface area (Å²) < 4.78 is 0. The second kappa shape index (κ2) is 8.66. The van der Waals surface area contributed by atoms with Crippen LogP contribution in [0.4, 0.5) is 11.4 Å². The van der Waals surface area contributed by atoms with Gasteiger partial charge in [0, 0.05) is 16.8 Å². The third-order valence-electron chi connectivity index (χ3n) is 3.51. The quantitative estimate of drug-likeness (QED) is 0.677. The fourth-order valence-electron chi connectivity index (χ4n) is 2.01. The zero-order valence-corrected chi connectivity index (χ0v) is 15.2. The second-order valence-electron chi connectivity index (χ2n) is 5.41. The van der Waals surface area contributed by atoms with Crippen LogP contribution in [0.15, 0.2) is 48.5 Å². The second-order valence-corrected chi connectivity index (χ2v) is 6.26. The fourth-order valence-corrected chi connectivity index (χ4v) is 2.37. The van der Waals surface area contributed by atoms with Crippen LogP contribution in [0.2, 0.25) is 5.02 Å². The lowest BCUT2D eigenvalue weighted by Crippen LogP contribution is -2.32. The van der Waals surface area contributed by atoms with Crippen molar-refractivity contribution in [2.75, 3.05) is 10.6 Å².